The predicted octanol–water partition coefficient (Wildman–Crippen LogP) is 1.19. The van der Waals surface area contributed by atoms with Crippen LogP contribution in [0.2, 0.25) is 0 Å². The Morgan fingerprint density at radius 1 is 1.26 bits per heavy atom. The van der Waals surface area contributed by atoms with Crippen molar-refractivity contribution in [2.75, 3.05) is 34.0 Å². The Labute approximate surface area is 114 Å². The first-order valence-electron chi connectivity index (χ1n) is 6.38. The second-order valence-corrected chi connectivity index (χ2v) is 4.17. The molecule has 2 N–H and O–H groups in total. The predicted molar refractivity (Wildman–Crippen MR) is 73.8 cm³/mol. The summed E-state index contributed by atoms with van der Waals surface area (Å²) in [6.07, 6.45) is -0.626. The summed E-state index contributed by atoms with van der Waals surface area (Å²) < 4.78 is 15.7. The number of hydrogen-bond acceptors (Lipinski definition) is 5. The summed E-state index contributed by atoms with van der Waals surface area (Å²) in [5, 5.41) is 12.8. The van der Waals surface area contributed by atoms with Gasteiger partial charge in [-0.1, -0.05) is 6.92 Å². The summed E-state index contributed by atoms with van der Waals surface area (Å²) >= 11 is 0. The largest absolute Gasteiger partial charge is 0.497 e. The van der Waals surface area contributed by atoms with Crippen LogP contribution >= 0.6 is 0 Å². The van der Waals surface area contributed by atoms with Crippen molar-refractivity contribution in [1.82, 2.24) is 5.32 Å². The fraction of sp³-hybridized carbons (Fsp3) is 0.571. The SMILES string of the molecule is CCNCc1cc(OC)ccc1OCC(O)COC. The van der Waals surface area contributed by atoms with E-state index in [9.17, 15) is 5.11 Å². The van der Waals surface area contributed by atoms with Gasteiger partial charge < -0.3 is 24.6 Å². The molecule has 0 fully saturated rings. The third-order valence-electron chi connectivity index (χ3n) is 2.62. The van der Waals surface area contributed by atoms with Crippen molar-refractivity contribution in [2.24, 2.45) is 0 Å². The van der Waals surface area contributed by atoms with Gasteiger partial charge in [0.2, 0.25) is 0 Å². The Hall–Kier alpha value is -1.30. The molecule has 1 unspecified atom stereocenters. The molecule has 0 radical (unpaired) electrons. The molecule has 5 heteroatoms. The molecule has 0 spiro atoms. The molecule has 5 nitrogen and oxygen atoms in total. The Morgan fingerprint density at radius 2 is 2.05 bits per heavy atom. The number of methoxy groups -OCH3 is 2. The summed E-state index contributed by atoms with van der Waals surface area (Å²) in [6.45, 7) is 4.09. The zero-order valence-corrected chi connectivity index (χ0v) is 11.8. The van der Waals surface area contributed by atoms with E-state index < -0.39 is 6.10 Å². The molecule has 0 heterocycles. The normalized spacial score (nSPS) is 12.2. The number of rotatable bonds is 9. The standard InChI is InChI=1S/C14H23NO4/c1-4-15-8-11-7-13(18-3)5-6-14(11)19-10-12(16)9-17-2/h5-7,12,15-16H,4,8-10H2,1-3H3. The van der Waals surface area contributed by atoms with Crippen LogP contribution in [0.25, 0.3) is 0 Å². The number of hydrogen-bond donors (Lipinski definition) is 2. The van der Waals surface area contributed by atoms with Crippen LogP contribution in [-0.2, 0) is 11.3 Å². The fourth-order valence-corrected chi connectivity index (χ4v) is 1.65. The summed E-state index contributed by atoms with van der Waals surface area (Å²) in [5.74, 6) is 1.54. The average Bonchev–Trinajstić information content (AvgIpc) is 2.43. The van der Waals surface area contributed by atoms with Gasteiger partial charge in [-0.05, 0) is 24.7 Å². The first-order chi connectivity index (χ1) is 9.21. The second-order valence-electron chi connectivity index (χ2n) is 4.17. The Bertz CT molecular complexity index is 370. The highest BCUT2D eigenvalue weighted by Gasteiger charge is 2.09. The fourth-order valence-electron chi connectivity index (χ4n) is 1.65. The number of nitrogens with one attached hydrogen (secondary N) is 1. The van der Waals surface area contributed by atoms with Crippen molar-refractivity contribution in [3.63, 3.8) is 0 Å². The molecule has 0 aliphatic heterocycles. The minimum atomic E-state index is -0.626. The lowest BCUT2D eigenvalue weighted by atomic mass is 10.2. The Balaban J connectivity index is 2.68. The van der Waals surface area contributed by atoms with E-state index in [0.29, 0.717) is 6.54 Å². The number of benzene rings is 1. The summed E-state index contributed by atoms with van der Waals surface area (Å²) in [5.41, 5.74) is 1.01. The third-order valence-corrected chi connectivity index (χ3v) is 2.62. The highest BCUT2D eigenvalue weighted by Crippen LogP contribution is 2.24. The lowest BCUT2D eigenvalue weighted by Crippen LogP contribution is -2.23. The van der Waals surface area contributed by atoms with Crippen LogP contribution in [0.5, 0.6) is 11.5 Å². The molecule has 0 amide bonds. The maximum Gasteiger partial charge on any atom is 0.124 e. The van der Waals surface area contributed by atoms with Gasteiger partial charge in [-0.3, -0.25) is 0 Å². The van der Waals surface area contributed by atoms with Gasteiger partial charge in [0, 0.05) is 19.2 Å². The molecule has 0 bridgehead atoms. The molecule has 108 valence electrons. The molecule has 0 aliphatic rings. The van der Waals surface area contributed by atoms with E-state index in [0.717, 1.165) is 23.6 Å². The monoisotopic (exact) mass is 269 g/mol. The van der Waals surface area contributed by atoms with Crippen molar-refractivity contribution < 1.29 is 19.3 Å². The van der Waals surface area contributed by atoms with E-state index in [4.69, 9.17) is 14.2 Å². The van der Waals surface area contributed by atoms with Crippen LogP contribution in [0.1, 0.15) is 12.5 Å². The van der Waals surface area contributed by atoms with Gasteiger partial charge in [-0.2, -0.15) is 0 Å². The third kappa shape index (κ3) is 5.46. The summed E-state index contributed by atoms with van der Waals surface area (Å²) in [6, 6.07) is 5.62. The first-order valence-corrected chi connectivity index (χ1v) is 6.38. The average molecular weight is 269 g/mol. The first kappa shape index (κ1) is 15.8. The molecule has 0 saturated carbocycles. The van der Waals surface area contributed by atoms with E-state index in [1.165, 1.54) is 0 Å². The lowest BCUT2D eigenvalue weighted by molar-refractivity contribution is 0.0323. The van der Waals surface area contributed by atoms with Crippen LogP contribution in [-0.4, -0.2) is 45.2 Å². The van der Waals surface area contributed by atoms with Gasteiger partial charge in [0.25, 0.3) is 0 Å². The molecule has 1 rings (SSSR count). The molecule has 1 atom stereocenters. The van der Waals surface area contributed by atoms with Crippen molar-refractivity contribution in [3.8, 4) is 11.5 Å². The topological polar surface area (TPSA) is 60.0 Å². The van der Waals surface area contributed by atoms with Crippen molar-refractivity contribution in [3.05, 3.63) is 23.8 Å². The molecular weight excluding hydrogens is 246 g/mol. The highest BCUT2D eigenvalue weighted by atomic mass is 16.5. The van der Waals surface area contributed by atoms with Gasteiger partial charge in [0.05, 0.1) is 13.7 Å². The molecule has 0 aromatic heterocycles. The summed E-state index contributed by atoms with van der Waals surface area (Å²) in [4.78, 5) is 0. The zero-order chi connectivity index (χ0) is 14.1. The quantitative estimate of drug-likeness (QED) is 0.705. The van der Waals surface area contributed by atoms with Gasteiger partial charge in [0.15, 0.2) is 0 Å². The molecule has 1 aromatic rings. The van der Waals surface area contributed by atoms with Gasteiger partial charge >= 0.3 is 0 Å². The minimum Gasteiger partial charge on any atom is -0.497 e. The van der Waals surface area contributed by atoms with Gasteiger partial charge in [-0.25, -0.2) is 0 Å². The van der Waals surface area contributed by atoms with E-state index in [-0.39, 0.29) is 13.2 Å². The van der Waals surface area contributed by atoms with E-state index in [1.54, 1.807) is 14.2 Å². The smallest absolute Gasteiger partial charge is 0.124 e. The maximum atomic E-state index is 9.59. The van der Waals surface area contributed by atoms with Crippen LogP contribution in [0.4, 0.5) is 0 Å². The highest BCUT2D eigenvalue weighted by molar-refractivity contribution is 5.40. The Morgan fingerprint density at radius 3 is 2.68 bits per heavy atom. The minimum absolute atomic E-state index is 0.208. The number of aliphatic hydroxyl groups is 1. The van der Waals surface area contributed by atoms with Crippen LogP contribution in [0.3, 0.4) is 0 Å². The van der Waals surface area contributed by atoms with Gasteiger partial charge in [0.1, 0.15) is 24.2 Å². The lowest BCUT2D eigenvalue weighted by Gasteiger charge is -2.15. The van der Waals surface area contributed by atoms with Crippen molar-refractivity contribution >= 4 is 0 Å². The van der Waals surface area contributed by atoms with Crippen molar-refractivity contribution in [2.45, 2.75) is 19.6 Å². The zero-order valence-electron chi connectivity index (χ0n) is 11.8. The second kappa shape index (κ2) is 8.74. The number of aliphatic hydroxyl groups excluding tert-OH is 1. The van der Waals surface area contributed by atoms with E-state index in [2.05, 4.69) is 5.32 Å². The van der Waals surface area contributed by atoms with Crippen molar-refractivity contribution in [1.29, 1.82) is 0 Å². The Kier molecular flexibility index (Phi) is 7.25. The summed E-state index contributed by atoms with van der Waals surface area (Å²) in [7, 11) is 3.18. The molecular formula is C14H23NO4. The van der Waals surface area contributed by atoms with Gasteiger partial charge in [-0.15, -0.1) is 0 Å². The maximum absolute atomic E-state index is 9.59. The number of ether oxygens (including phenoxy) is 3. The van der Waals surface area contributed by atoms with Crippen LogP contribution in [0.15, 0.2) is 18.2 Å². The molecule has 0 saturated heterocycles. The van der Waals surface area contributed by atoms with E-state index >= 15 is 0 Å². The molecule has 1 aromatic carbocycles. The van der Waals surface area contributed by atoms with E-state index in [1.807, 2.05) is 25.1 Å². The molecule has 0 aliphatic carbocycles. The van der Waals surface area contributed by atoms with Crippen LogP contribution < -0.4 is 14.8 Å². The van der Waals surface area contributed by atoms with Crippen LogP contribution in [0, 0.1) is 0 Å². The molecule has 19 heavy (non-hydrogen) atoms.